The fourth-order valence-corrected chi connectivity index (χ4v) is 2.23. The predicted octanol–water partition coefficient (Wildman–Crippen LogP) is 1.67. The van der Waals surface area contributed by atoms with Gasteiger partial charge in [-0.2, -0.15) is 0 Å². The molecule has 1 saturated heterocycles. The Bertz CT molecular complexity index is 226. The number of hydrogen-bond donors (Lipinski definition) is 1. The average molecular weight is 226 g/mol. The van der Waals surface area contributed by atoms with E-state index in [2.05, 4.69) is 37.9 Å². The summed E-state index contributed by atoms with van der Waals surface area (Å²) in [6.07, 6.45) is 1.82. The van der Waals surface area contributed by atoms with Gasteiger partial charge in [-0.25, -0.2) is 0 Å². The molecule has 0 bridgehead atoms. The second-order valence-electron chi connectivity index (χ2n) is 5.59. The molecule has 1 rings (SSSR count). The third-order valence-corrected chi connectivity index (χ3v) is 3.16. The molecule has 1 atom stereocenters. The first kappa shape index (κ1) is 13.7. The molecule has 1 N–H and O–H groups in total. The van der Waals surface area contributed by atoms with E-state index >= 15 is 0 Å². The third kappa shape index (κ3) is 4.62. The lowest BCUT2D eigenvalue weighted by molar-refractivity contribution is -0.116. The molecule has 0 aromatic rings. The van der Waals surface area contributed by atoms with E-state index in [0.717, 1.165) is 25.9 Å². The maximum atomic E-state index is 11.1. The Labute approximate surface area is 99.6 Å². The van der Waals surface area contributed by atoms with E-state index < -0.39 is 0 Å². The summed E-state index contributed by atoms with van der Waals surface area (Å²) < 4.78 is 0. The summed E-state index contributed by atoms with van der Waals surface area (Å²) in [4.78, 5) is 13.6. The van der Waals surface area contributed by atoms with Crippen LogP contribution in [0.5, 0.6) is 0 Å². The molecule has 94 valence electrons. The lowest BCUT2D eigenvalue weighted by Gasteiger charge is -2.29. The molecule has 1 unspecified atom stereocenters. The van der Waals surface area contributed by atoms with Gasteiger partial charge in [0.25, 0.3) is 0 Å². The summed E-state index contributed by atoms with van der Waals surface area (Å²) in [7, 11) is 0. The SMILES string of the molecule is CC(C)CN(CCC1CC(=O)CN1)C(C)C. The molecule has 1 aliphatic rings. The molecule has 0 amide bonds. The van der Waals surface area contributed by atoms with Crippen LogP contribution in [0.2, 0.25) is 0 Å². The first-order valence-corrected chi connectivity index (χ1v) is 6.48. The number of rotatable bonds is 6. The van der Waals surface area contributed by atoms with Gasteiger partial charge in [-0.15, -0.1) is 0 Å². The number of Topliss-reactive ketones (excluding diaryl/α,β-unsaturated/α-hetero) is 1. The van der Waals surface area contributed by atoms with Crippen LogP contribution in [-0.2, 0) is 4.79 Å². The van der Waals surface area contributed by atoms with E-state index in [0.29, 0.717) is 30.3 Å². The van der Waals surface area contributed by atoms with Crippen LogP contribution < -0.4 is 5.32 Å². The summed E-state index contributed by atoms with van der Waals surface area (Å²) in [5.74, 6) is 1.07. The molecule has 1 heterocycles. The Hall–Kier alpha value is -0.410. The Morgan fingerprint density at radius 2 is 2.06 bits per heavy atom. The molecule has 1 fully saturated rings. The third-order valence-electron chi connectivity index (χ3n) is 3.16. The fourth-order valence-electron chi connectivity index (χ4n) is 2.23. The van der Waals surface area contributed by atoms with Crippen molar-refractivity contribution in [2.75, 3.05) is 19.6 Å². The number of hydrogen-bond acceptors (Lipinski definition) is 3. The number of carbonyl (C=O) groups is 1. The topological polar surface area (TPSA) is 32.3 Å². The molecule has 3 nitrogen and oxygen atoms in total. The van der Waals surface area contributed by atoms with Crippen molar-refractivity contribution in [3.05, 3.63) is 0 Å². The van der Waals surface area contributed by atoms with Crippen molar-refractivity contribution < 1.29 is 4.79 Å². The van der Waals surface area contributed by atoms with Crippen LogP contribution in [0.25, 0.3) is 0 Å². The molecule has 0 saturated carbocycles. The maximum Gasteiger partial charge on any atom is 0.148 e. The van der Waals surface area contributed by atoms with Crippen LogP contribution in [-0.4, -0.2) is 42.4 Å². The second-order valence-corrected chi connectivity index (χ2v) is 5.59. The number of ketones is 1. The van der Waals surface area contributed by atoms with Crippen molar-refractivity contribution in [1.82, 2.24) is 10.2 Å². The summed E-state index contributed by atoms with van der Waals surface area (Å²) in [5, 5.41) is 3.28. The number of nitrogens with one attached hydrogen (secondary N) is 1. The van der Waals surface area contributed by atoms with Gasteiger partial charge in [0.1, 0.15) is 5.78 Å². The first-order valence-electron chi connectivity index (χ1n) is 6.48. The molecule has 1 aliphatic heterocycles. The minimum atomic E-state index is 0.366. The van der Waals surface area contributed by atoms with Crippen LogP contribution in [0, 0.1) is 5.92 Å². The van der Waals surface area contributed by atoms with Gasteiger partial charge < -0.3 is 10.2 Å². The lowest BCUT2D eigenvalue weighted by Crippen LogP contribution is -2.37. The van der Waals surface area contributed by atoms with E-state index in [1.807, 2.05) is 0 Å². The van der Waals surface area contributed by atoms with Gasteiger partial charge in [-0.3, -0.25) is 4.79 Å². The molecule has 0 aliphatic carbocycles. The Morgan fingerprint density at radius 3 is 2.50 bits per heavy atom. The van der Waals surface area contributed by atoms with Crippen molar-refractivity contribution in [3.63, 3.8) is 0 Å². The number of nitrogens with zero attached hydrogens (tertiary/aromatic N) is 1. The Kier molecular flexibility index (Phi) is 5.42. The summed E-state index contributed by atoms with van der Waals surface area (Å²) >= 11 is 0. The van der Waals surface area contributed by atoms with Crippen molar-refractivity contribution in [2.45, 2.75) is 52.6 Å². The van der Waals surface area contributed by atoms with Gasteiger partial charge in [-0.1, -0.05) is 13.8 Å². The summed E-state index contributed by atoms with van der Waals surface area (Å²) in [5.41, 5.74) is 0. The van der Waals surface area contributed by atoms with E-state index in [-0.39, 0.29) is 0 Å². The molecular formula is C13H26N2O. The van der Waals surface area contributed by atoms with Crippen LogP contribution in [0.15, 0.2) is 0 Å². The molecule has 16 heavy (non-hydrogen) atoms. The van der Waals surface area contributed by atoms with Gasteiger partial charge >= 0.3 is 0 Å². The minimum absolute atomic E-state index is 0.366. The van der Waals surface area contributed by atoms with Gasteiger partial charge in [-0.05, 0) is 32.7 Å². The van der Waals surface area contributed by atoms with Crippen molar-refractivity contribution in [1.29, 1.82) is 0 Å². The molecule has 0 aromatic heterocycles. The van der Waals surface area contributed by atoms with Gasteiger partial charge in [0, 0.05) is 25.0 Å². The zero-order valence-electron chi connectivity index (χ0n) is 11.1. The highest BCUT2D eigenvalue weighted by Crippen LogP contribution is 2.10. The summed E-state index contributed by atoms with van der Waals surface area (Å²) in [6.45, 7) is 11.8. The van der Waals surface area contributed by atoms with E-state index in [9.17, 15) is 4.79 Å². The lowest BCUT2D eigenvalue weighted by atomic mass is 10.1. The quantitative estimate of drug-likeness (QED) is 0.748. The predicted molar refractivity (Wildman–Crippen MR) is 67.6 cm³/mol. The highest BCUT2D eigenvalue weighted by Gasteiger charge is 2.22. The Morgan fingerprint density at radius 1 is 1.38 bits per heavy atom. The van der Waals surface area contributed by atoms with Crippen molar-refractivity contribution in [2.24, 2.45) is 5.92 Å². The molecule has 0 aromatic carbocycles. The van der Waals surface area contributed by atoms with E-state index in [4.69, 9.17) is 0 Å². The largest absolute Gasteiger partial charge is 0.307 e. The zero-order chi connectivity index (χ0) is 12.1. The first-order chi connectivity index (χ1) is 7.49. The molecule has 0 spiro atoms. The maximum absolute atomic E-state index is 11.1. The smallest absolute Gasteiger partial charge is 0.148 e. The number of carbonyl (C=O) groups excluding carboxylic acids is 1. The van der Waals surface area contributed by atoms with E-state index in [1.54, 1.807) is 0 Å². The molecule has 3 heteroatoms. The fraction of sp³-hybridized carbons (Fsp3) is 0.923. The van der Waals surface area contributed by atoms with Gasteiger partial charge in [0.15, 0.2) is 0 Å². The van der Waals surface area contributed by atoms with Crippen LogP contribution >= 0.6 is 0 Å². The van der Waals surface area contributed by atoms with E-state index in [1.165, 1.54) is 0 Å². The highest BCUT2D eigenvalue weighted by molar-refractivity contribution is 5.83. The van der Waals surface area contributed by atoms with Crippen LogP contribution in [0.1, 0.15) is 40.5 Å². The van der Waals surface area contributed by atoms with Crippen molar-refractivity contribution >= 4 is 5.78 Å². The zero-order valence-corrected chi connectivity index (χ0v) is 11.1. The molecular weight excluding hydrogens is 200 g/mol. The highest BCUT2D eigenvalue weighted by atomic mass is 16.1. The average Bonchev–Trinajstić information content (AvgIpc) is 2.58. The van der Waals surface area contributed by atoms with Crippen molar-refractivity contribution in [3.8, 4) is 0 Å². The standard InChI is InChI=1S/C13H26N2O/c1-10(2)9-15(11(3)4)6-5-12-7-13(16)8-14-12/h10-12,14H,5-9H2,1-4H3. The minimum Gasteiger partial charge on any atom is -0.307 e. The van der Waals surface area contributed by atoms with Gasteiger partial charge in [0.05, 0.1) is 6.54 Å². The molecule has 0 radical (unpaired) electrons. The van der Waals surface area contributed by atoms with Crippen LogP contribution in [0.4, 0.5) is 0 Å². The summed E-state index contributed by atoms with van der Waals surface area (Å²) in [6, 6.07) is 1.01. The van der Waals surface area contributed by atoms with Gasteiger partial charge in [0.2, 0.25) is 0 Å². The van der Waals surface area contributed by atoms with Crippen LogP contribution in [0.3, 0.4) is 0 Å². The second kappa shape index (κ2) is 6.36. The normalized spacial score (nSPS) is 21.7. The monoisotopic (exact) mass is 226 g/mol. The Balaban J connectivity index is 2.29.